The minimum atomic E-state index is -0.220. The molecule has 0 aliphatic carbocycles. The van der Waals surface area contributed by atoms with E-state index in [9.17, 15) is 4.79 Å². The van der Waals surface area contributed by atoms with Gasteiger partial charge in [-0.2, -0.15) is 0 Å². The first-order valence-electron chi connectivity index (χ1n) is 6.08. The van der Waals surface area contributed by atoms with E-state index in [-0.39, 0.29) is 11.5 Å². The molecule has 1 aromatic heterocycles. The Bertz CT molecular complexity index is 657. The predicted octanol–water partition coefficient (Wildman–Crippen LogP) is 1.49. The summed E-state index contributed by atoms with van der Waals surface area (Å²) in [5.41, 5.74) is 0.753. The molecule has 6 nitrogen and oxygen atoms in total. The average Bonchev–Trinajstić information content (AvgIpc) is 2.53. The number of benzene rings is 1. The molecule has 6 heteroatoms. The number of aromatic nitrogens is 2. The van der Waals surface area contributed by atoms with Crippen molar-refractivity contribution in [3.05, 3.63) is 41.9 Å². The maximum atomic E-state index is 12.4. The summed E-state index contributed by atoms with van der Waals surface area (Å²) in [6.07, 6.45) is 1.30. The lowest BCUT2D eigenvalue weighted by Gasteiger charge is -2.18. The predicted molar refractivity (Wildman–Crippen MR) is 69.4 cm³/mol. The minimum absolute atomic E-state index is 0.220. The van der Waals surface area contributed by atoms with Crippen molar-refractivity contribution in [2.45, 2.75) is 0 Å². The SMILES string of the molecule is COc1cc(C(=O)c2ccc3c(c2)OCCO3)ncn1. The average molecular weight is 272 g/mol. The van der Waals surface area contributed by atoms with E-state index >= 15 is 0 Å². The molecule has 0 saturated carbocycles. The van der Waals surface area contributed by atoms with Gasteiger partial charge in [-0.15, -0.1) is 0 Å². The van der Waals surface area contributed by atoms with Gasteiger partial charge in [0.05, 0.1) is 7.11 Å². The zero-order valence-corrected chi connectivity index (χ0v) is 10.8. The number of fused-ring (bicyclic) bond motifs is 1. The van der Waals surface area contributed by atoms with Gasteiger partial charge in [0.1, 0.15) is 25.2 Å². The Balaban J connectivity index is 1.93. The molecular formula is C14H12N2O4. The molecule has 1 aromatic carbocycles. The summed E-state index contributed by atoms with van der Waals surface area (Å²) in [5, 5.41) is 0. The van der Waals surface area contributed by atoms with Gasteiger partial charge in [-0.1, -0.05) is 0 Å². The van der Waals surface area contributed by atoms with Crippen molar-refractivity contribution in [2.24, 2.45) is 0 Å². The van der Waals surface area contributed by atoms with Crippen LogP contribution in [0, 0.1) is 0 Å². The Morgan fingerprint density at radius 2 is 1.95 bits per heavy atom. The monoisotopic (exact) mass is 272 g/mol. The normalized spacial score (nSPS) is 12.8. The number of carbonyl (C=O) groups excluding carboxylic acids is 1. The highest BCUT2D eigenvalue weighted by atomic mass is 16.6. The zero-order chi connectivity index (χ0) is 13.9. The summed E-state index contributed by atoms with van der Waals surface area (Å²) in [4.78, 5) is 20.2. The van der Waals surface area contributed by atoms with Crippen molar-refractivity contribution in [1.82, 2.24) is 9.97 Å². The summed E-state index contributed by atoms with van der Waals surface area (Å²) < 4.78 is 15.9. The Morgan fingerprint density at radius 1 is 1.15 bits per heavy atom. The molecular weight excluding hydrogens is 260 g/mol. The highest BCUT2D eigenvalue weighted by Gasteiger charge is 2.17. The molecule has 0 spiro atoms. The second-order valence-electron chi connectivity index (χ2n) is 4.13. The highest BCUT2D eigenvalue weighted by molar-refractivity contribution is 6.08. The van der Waals surface area contributed by atoms with Crippen molar-refractivity contribution in [2.75, 3.05) is 20.3 Å². The summed E-state index contributed by atoms with van der Waals surface area (Å²) >= 11 is 0. The highest BCUT2D eigenvalue weighted by Crippen LogP contribution is 2.31. The summed E-state index contributed by atoms with van der Waals surface area (Å²) in [6.45, 7) is 0.995. The van der Waals surface area contributed by atoms with Crippen LogP contribution in [0.3, 0.4) is 0 Å². The molecule has 0 fully saturated rings. The van der Waals surface area contributed by atoms with Gasteiger partial charge in [-0.25, -0.2) is 9.97 Å². The molecule has 102 valence electrons. The van der Waals surface area contributed by atoms with Gasteiger partial charge in [0.25, 0.3) is 0 Å². The third kappa shape index (κ3) is 2.27. The number of methoxy groups -OCH3 is 1. The third-order valence-corrected chi connectivity index (χ3v) is 2.89. The number of hydrogen-bond donors (Lipinski definition) is 0. The van der Waals surface area contributed by atoms with Crippen molar-refractivity contribution >= 4 is 5.78 Å². The number of hydrogen-bond acceptors (Lipinski definition) is 6. The molecule has 1 aliphatic rings. The van der Waals surface area contributed by atoms with Gasteiger partial charge >= 0.3 is 0 Å². The minimum Gasteiger partial charge on any atom is -0.486 e. The Morgan fingerprint density at radius 3 is 2.75 bits per heavy atom. The van der Waals surface area contributed by atoms with E-state index in [2.05, 4.69) is 9.97 Å². The van der Waals surface area contributed by atoms with Crippen LogP contribution in [0.1, 0.15) is 16.1 Å². The first kappa shape index (κ1) is 12.4. The zero-order valence-electron chi connectivity index (χ0n) is 10.8. The molecule has 0 radical (unpaired) electrons. The first-order chi connectivity index (χ1) is 9.78. The molecule has 0 amide bonds. The van der Waals surface area contributed by atoms with E-state index < -0.39 is 0 Å². The smallest absolute Gasteiger partial charge is 0.216 e. The van der Waals surface area contributed by atoms with Gasteiger partial charge in [0.15, 0.2) is 11.5 Å². The molecule has 3 rings (SSSR count). The van der Waals surface area contributed by atoms with E-state index in [1.54, 1.807) is 18.2 Å². The molecule has 0 unspecified atom stereocenters. The Hall–Kier alpha value is -2.63. The van der Waals surface area contributed by atoms with Crippen LogP contribution in [-0.2, 0) is 0 Å². The Labute approximate surface area is 115 Å². The third-order valence-electron chi connectivity index (χ3n) is 2.89. The summed E-state index contributed by atoms with van der Waals surface area (Å²) in [7, 11) is 1.49. The molecule has 0 atom stereocenters. The molecule has 1 aliphatic heterocycles. The number of rotatable bonds is 3. The first-order valence-corrected chi connectivity index (χ1v) is 6.08. The van der Waals surface area contributed by atoms with E-state index in [1.807, 2.05) is 0 Å². The maximum absolute atomic E-state index is 12.4. The van der Waals surface area contributed by atoms with Gasteiger partial charge in [-0.05, 0) is 18.2 Å². The molecule has 2 heterocycles. The molecule has 0 bridgehead atoms. The standard InChI is InChI=1S/C14H12N2O4/c1-18-13-7-10(15-8-16-13)14(17)9-2-3-11-12(6-9)20-5-4-19-11/h2-3,6-8H,4-5H2,1H3. The van der Waals surface area contributed by atoms with Crippen molar-refractivity contribution in [3.63, 3.8) is 0 Å². The van der Waals surface area contributed by atoms with Crippen LogP contribution in [0.25, 0.3) is 0 Å². The lowest BCUT2D eigenvalue weighted by Crippen LogP contribution is -2.16. The van der Waals surface area contributed by atoms with Gasteiger partial charge in [-0.3, -0.25) is 4.79 Å². The largest absolute Gasteiger partial charge is 0.486 e. The fraction of sp³-hybridized carbons (Fsp3) is 0.214. The van der Waals surface area contributed by atoms with Crippen molar-refractivity contribution in [1.29, 1.82) is 0 Å². The lowest BCUT2D eigenvalue weighted by atomic mass is 10.1. The van der Waals surface area contributed by atoms with Gasteiger partial charge in [0.2, 0.25) is 11.7 Å². The van der Waals surface area contributed by atoms with Crippen molar-refractivity contribution < 1.29 is 19.0 Å². The van der Waals surface area contributed by atoms with Crippen LogP contribution in [0.15, 0.2) is 30.6 Å². The van der Waals surface area contributed by atoms with Crippen LogP contribution in [-0.4, -0.2) is 36.1 Å². The second kappa shape index (κ2) is 5.16. The summed E-state index contributed by atoms with van der Waals surface area (Å²) in [6, 6.07) is 6.56. The number of carbonyl (C=O) groups is 1. The quantitative estimate of drug-likeness (QED) is 0.788. The van der Waals surface area contributed by atoms with Crippen LogP contribution in [0.2, 0.25) is 0 Å². The number of ether oxygens (including phenoxy) is 3. The number of nitrogens with zero attached hydrogens (tertiary/aromatic N) is 2. The van der Waals surface area contributed by atoms with E-state index in [0.717, 1.165) is 0 Å². The van der Waals surface area contributed by atoms with Crippen molar-refractivity contribution in [3.8, 4) is 17.4 Å². The van der Waals surface area contributed by atoms with Gasteiger partial charge in [0, 0.05) is 11.6 Å². The van der Waals surface area contributed by atoms with E-state index in [0.29, 0.717) is 36.2 Å². The maximum Gasteiger partial charge on any atom is 0.216 e. The molecule has 0 N–H and O–H groups in total. The topological polar surface area (TPSA) is 70.5 Å². The molecule has 2 aromatic rings. The molecule has 0 saturated heterocycles. The second-order valence-corrected chi connectivity index (χ2v) is 4.13. The summed E-state index contributed by atoms with van der Waals surface area (Å²) in [5.74, 6) is 1.35. The fourth-order valence-corrected chi connectivity index (χ4v) is 1.91. The van der Waals surface area contributed by atoms with Crippen LogP contribution < -0.4 is 14.2 Å². The van der Waals surface area contributed by atoms with Crippen LogP contribution in [0.4, 0.5) is 0 Å². The molecule has 20 heavy (non-hydrogen) atoms. The lowest BCUT2D eigenvalue weighted by molar-refractivity contribution is 0.103. The van der Waals surface area contributed by atoms with Crippen LogP contribution in [0.5, 0.6) is 17.4 Å². The Kier molecular flexibility index (Phi) is 3.20. The fourth-order valence-electron chi connectivity index (χ4n) is 1.91. The number of ketones is 1. The van der Waals surface area contributed by atoms with Crippen LogP contribution >= 0.6 is 0 Å². The van der Waals surface area contributed by atoms with E-state index in [4.69, 9.17) is 14.2 Å². The van der Waals surface area contributed by atoms with Gasteiger partial charge < -0.3 is 14.2 Å². The van der Waals surface area contributed by atoms with E-state index in [1.165, 1.54) is 19.5 Å².